The molecule has 26 heavy (non-hydrogen) atoms. The van der Waals surface area contributed by atoms with E-state index in [1.165, 1.54) is 5.69 Å². The van der Waals surface area contributed by atoms with Crippen molar-refractivity contribution in [2.75, 3.05) is 11.9 Å². The Bertz CT molecular complexity index is 954. The Morgan fingerprint density at radius 2 is 2.15 bits per heavy atom. The molecular formula is C19H24N6O. The summed E-state index contributed by atoms with van der Waals surface area (Å²) in [6.07, 6.45) is 5.78. The van der Waals surface area contributed by atoms with Gasteiger partial charge in [0.1, 0.15) is 0 Å². The second-order valence-corrected chi connectivity index (χ2v) is 7.17. The molecule has 1 aromatic carbocycles. The van der Waals surface area contributed by atoms with Gasteiger partial charge in [0.2, 0.25) is 0 Å². The lowest BCUT2D eigenvalue weighted by molar-refractivity contribution is 0.210. The van der Waals surface area contributed by atoms with Gasteiger partial charge in [-0.05, 0) is 44.9 Å². The molecule has 3 heterocycles. The minimum absolute atomic E-state index is 0.0719. The van der Waals surface area contributed by atoms with Crippen molar-refractivity contribution in [3.05, 3.63) is 41.9 Å². The van der Waals surface area contributed by atoms with E-state index in [-0.39, 0.29) is 6.03 Å². The number of aryl methyl sites for hydroxylation is 1. The Kier molecular flexibility index (Phi) is 4.14. The van der Waals surface area contributed by atoms with Crippen molar-refractivity contribution in [1.29, 1.82) is 0 Å². The van der Waals surface area contributed by atoms with E-state index in [0.29, 0.717) is 12.6 Å². The molecule has 0 unspecified atom stereocenters. The minimum Gasteiger partial charge on any atom is -0.320 e. The summed E-state index contributed by atoms with van der Waals surface area (Å²) >= 11 is 0. The SMILES string of the molecule is CC(C)n1cc2cc(NC(=O)N3CCCc4c(cnn4C)C3)ccc2n1. The van der Waals surface area contributed by atoms with Gasteiger partial charge in [0.05, 0.1) is 18.3 Å². The van der Waals surface area contributed by atoms with Crippen LogP contribution in [0.1, 0.15) is 37.6 Å². The zero-order chi connectivity index (χ0) is 18.3. The molecule has 0 saturated heterocycles. The number of anilines is 1. The molecule has 1 N–H and O–H groups in total. The van der Waals surface area contributed by atoms with Crippen LogP contribution in [-0.4, -0.2) is 37.0 Å². The fourth-order valence-electron chi connectivity index (χ4n) is 3.45. The average molecular weight is 352 g/mol. The highest BCUT2D eigenvalue weighted by Gasteiger charge is 2.21. The van der Waals surface area contributed by atoms with Gasteiger partial charge >= 0.3 is 6.03 Å². The van der Waals surface area contributed by atoms with Crippen LogP contribution in [-0.2, 0) is 20.0 Å². The van der Waals surface area contributed by atoms with Crippen LogP contribution in [0, 0.1) is 0 Å². The molecule has 0 spiro atoms. The number of benzene rings is 1. The topological polar surface area (TPSA) is 68.0 Å². The van der Waals surface area contributed by atoms with Crippen molar-refractivity contribution in [2.45, 2.75) is 39.3 Å². The smallest absolute Gasteiger partial charge is 0.320 e. The zero-order valence-corrected chi connectivity index (χ0v) is 15.4. The molecule has 0 atom stereocenters. The van der Waals surface area contributed by atoms with Gasteiger partial charge in [0.25, 0.3) is 0 Å². The van der Waals surface area contributed by atoms with Gasteiger partial charge in [-0.3, -0.25) is 9.36 Å². The number of aromatic nitrogens is 4. The summed E-state index contributed by atoms with van der Waals surface area (Å²) < 4.78 is 3.85. The Morgan fingerprint density at radius 3 is 2.96 bits per heavy atom. The van der Waals surface area contributed by atoms with Crippen LogP contribution in [0.3, 0.4) is 0 Å². The lowest BCUT2D eigenvalue weighted by Gasteiger charge is -2.20. The second kappa shape index (κ2) is 6.48. The number of urea groups is 1. The predicted octanol–water partition coefficient (Wildman–Crippen LogP) is 3.33. The van der Waals surface area contributed by atoms with Crippen molar-refractivity contribution >= 4 is 22.6 Å². The molecule has 0 fully saturated rings. The van der Waals surface area contributed by atoms with Crippen LogP contribution in [0.5, 0.6) is 0 Å². The van der Waals surface area contributed by atoms with E-state index in [4.69, 9.17) is 0 Å². The summed E-state index contributed by atoms with van der Waals surface area (Å²) in [5.41, 5.74) is 4.09. The highest BCUT2D eigenvalue weighted by Crippen LogP contribution is 2.22. The fraction of sp³-hybridized carbons (Fsp3) is 0.421. The normalized spacial score (nSPS) is 14.5. The number of nitrogens with zero attached hydrogens (tertiary/aromatic N) is 5. The van der Waals surface area contributed by atoms with Crippen LogP contribution < -0.4 is 5.32 Å². The van der Waals surface area contributed by atoms with E-state index in [2.05, 4.69) is 29.4 Å². The molecule has 0 aliphatic carbocycles. The molecule has 0 bridgehead atoms. The maximum Gasteiger partial charge on any atom is 0.322 e. The summed E-state index contributed by atoms with van der Waals surface area (Å²) in [7, 11) is 1.96. The highest BCUT2D eigenvalue weighted by atomic mass is 16.2. The fourth-order valence-corrected chi connectivity index (χ4v) is 3.45. The first-order chi connectivity index (χ1) is 12.5. The molecule has 2 aromatic heterocycles. The van der Waals surface area contributed by atoms with Gasteiger partial charge in [0, 0.05) is 48.2 Å². The molecule has 136 valence electrons. The Morgan fingerprint density at radius 1 is 1.31 bits per heavy atom. The maximum atomic E-state index is 12.8. The molecule has 7 nitrogen and oxygen atoms in total. The van der Waals surface area contributed by atoms with E-state index in [1.807, 2.05) is 51.9 Å². The summed E-state index contributed by atoms with van der Waals surface area (Å²) in [6, 6.07) is 6.08. The largest absolute Gasteiger partial charge is 0.322 e. The Hall–Kier alpha value is -2.83. The van der Waals surface area contributed by atoms with Gasteiger partial charge in [-0.1, -0.05) is 0 Å². The monoisotopic (exact) mass is 352 g/mol. The molecule has 0 saturated carbocycles. The van der Waals surface area contributed by atoms with E-state index in [0.717, 1.165) is 41.5 Å². The van der Waals surface area contributed by atoms with Gasteiger partial charge < -0.3 is 10.2 Å². The number of hydrogen-bond donors (Lipinski definition) is 1. The number of rotatable bonds is 2. The van der Waals surface area contributed by atoms with E-state index >= 15 is 0 Å². The van der Waals surface area contributed by atoms with Crippen molar-refractivity contribution in [3.8, 4) is 0 Å². The first-order valence-corrected chi connectivity index (χ1v) is 9.06. The lowest BCUT2D eigenvalue weighted by atomic mass is 10.2. The molecule has 3 aromatic rings. The van der Waals surface area contributed by atoms with Crippen LogP contribution in [0.15, 0.2) is 30.6 Å². The third kappa shape index (κ3) is 3.05. The standard InChI is InChI=1S/C19H24N6O/c1-13(2)25-12-14-9-16(6-7-17(14)22-25)21-19(26)24-8-4-5-18-15(11-24)10-20-23(18)3/h6-7,9-10,12-13H,4-5,8,11H2,1-3H3,(H,21,26). The third-order valence-corrected chi connectivity index (χ3v) is 4.94. The first kappa shape index (κ1) is 16.6. The number of nitrogens with one attached hydrogen (secondary N) is 1. The van der Waals surface area contributed by atoms with Crippen LogP contribution in [0.4, 0.5) is 10.5 Å². The molecule has 0 radical (unpaired) electrons. The number of fused-ring (bicyclic) bond motifs is 2. The van der Waals surface area contributed by atoms with Crippen molar-refractivity contribution in [1.82, 2.24) is 24.5 Å². The van der Waals surface area contributed by atoms with Crippen LogP contribution in [0.25, 0.3) is 10.9 Å². The first-order valence-electron chi connectivity index (χ1n) is 9.06. The third-order valence-electron chi connectivity index (χ3n) is 4.94. The second-order valence-electron chi connectivity index (χ2n) is 7.17. The summed E-state index contributed by atoms with van der Waals surface area (Å²) in [4.78, 5) is 14.6. The Balaban J connectivity index is 1.51. The Labute approximate surface area is 152 Å². The van der Waals surface area contributed by atoms with Crippen molar-refractivity contribution in [3.63, 3.8) is 0 Å². The van der Waals surface area contributed by atoms with Gasteiger partial charge in [-0.2, -0.15) is 10.2 Å². The number of hydrogen-bond acceptors (Lipinski definition) is 3. The van der Waals surface area contributed by atoms with Crippen molar-refractivity contribution < 1.29 is 4.79 Å². The minimum atomic E-state index is -0.0719. The average Bonchev–Trinajstić information content (AvgIpc) is 3.11. The molecular weight excluding hydrogens is 328 g/mol. The van der Waals surface area contributed by atoms with Crippen LogP contribution >= 0.6 is 0 Å². The molecule has 2 amide bonds. The number of carbonyl (C=O) groups is 1. The summed E-state index contributed by atoms with van der Waals surface area (Å²) in [6.45, 7) is 5.54. The summed E-state index contributed by atoms with van der Waals surface area (Å²) in [5, 5.41) is 12.9. The predicted molar refractivity (Wildman–Crippen MR) is 101 cm³/mol. The lowest BCUT2D eigenvalue weighted by Crippen LogP contribution is -2.34. The van der Waals surface area contributed by atoms with Crippen molar-refractivity contribution in [2.24, 2.45) is 7.05 Å². The maximum absolute atomic E-state index is 12.8. The van der Waals surface area contributed by atoms with E-state index in [1.54, 1.807) is 0 Å². The molecule has 7 heteroatoms. The van der Waals surface area contributed by atoms with E-state index < -0.39 is 0 Å². The zero-order valence-electron chi connectivity index (χ0n) is 15.4. The molecule has 1 aliphatic heterocycles. The quantitative estimate of drug-likeness (QED) is 0.769. The van der Waals surface area contributed by atoms with Crippen LogP contribution in [0.2, 0.25) is 0 Å². The summed E-state index contributed by atoms with van der Waals surface area (Å²) in [5.74, 6) is 0. The molecule has 4 rings (SSSR count). The highest BCUT2D eigenvalue weighted by molar-refractivity contribution is 5.92. The van der Waals surface area contributed by atoms with Gasteiger partial charge in [0.15, 0.2) is 0 Å². The number of carbonyl (C=O) groups excluding carboxylic acids is 1. The number of amides is 2. The van der Waals surface area contributed by atoms with E-state index in [9.17, 15) is 4.79 Å². The van der Waals surface area contributed by atoms with Gasteiger partial charge in [-0.15, -0.1) is 0 Å². The van der Waals surface area contributed by atoms with Gasteiger partial charge in [-0.25, -0.2) is 4.79 Å². The molecule has 1 aliphatic rings.